The summed E-state index contributed by atoms with van der Waals surface area (Å²) in [5, 5.41) is 2.93. The van der Waals surface area contributed by atoms with E-state index in [9.17, 15) is 14.4 Å². The summed E-state index contributed by atoms with van der Waals surface area (Å²) in [6.07, 6.45) is 2.46. The number of nitrogens with zero attached hydrogens (tertiary/aromatic N) is 1. The number of para-hydroxylation sites is 1. The average Bonchev–Trinajstić information content (AvgIpc) is 2.92. The maximum atomic E-state index is 12.7. The van der Waals surface area contributed by atoms with Crippen molar-refractivity contribution in [2.75, 3.05) is 11.9 Å². The van der Waals surface area contributed by atoms with Crippen molar-refractivity contribution in [1.82, 2.24) is 4.90 Å². The smallest absolute Gasteiger partial charge is 0.261 e. The zero-order valence-corrected chi connectivity index (χ0v) is 15.5. The van der Waals surface area contributed by atoms with E-state index in [4.69, 9.17) is 0 Å². The molecule has 0 radical (unpaired) electrons. The van der Waals surface area contributed by atoms with Gasteiger partial charge in [0.25, 0.3) is 17.7 Å². The van der Waals surface area contributed by atoms with Crippen LogP contribution in [-0.4, -0.2) is 29.2 Å². The van der Waals surface area contributed by atoms with Crippen molar-refractivity contribution in [2.45, 2.75) is 26.2 Å². The molecule has 3 rings (SSSR count). The number of hydrogen-bond donors (Lipinski definition) is 1. The van der Waals surface area contributed by atoms with Crippen LogP contribution in [-0.2, 0) is 0 Å². The minimum absolute atomic E-state index is 0.149. The largest absolute Gasteiger partial charge is 0.322 e. The summed E-state index contributed by atoms with van der Waals surface area (Å²) in [4.78, 5) is 38.6. The van der Waals surface area contributed by atoms with Gasteiger partial charge in [-0.05, 0) is 42.2 Å². The molecule has 0 spiro atoms. The van der Waals surface area contributed by atoms with Gasteiger partial charge in [-0.25, -0.2) is 0 Å². The number of anilines is 1. The van der Waals surface area contributed by atoms with Crippen molar-refractivity contribution in [3.63, 3.8) is 0 Å². The minimum Gasteiger partial charge on any atom is -0.322 e. The van der Waals surface area contributed by atoms with Crippen LogP contribution in [0.5, 0.6) is 0 Å². The van der Waals surface area contributed by atoms with Crippen LogP contribution in [0.3, 0.4) is 0 Å². The number of carbonyl (C=O) groups is 3. The summed E-state index contributed by atoms with van der Waals surface area (Å²) < 4.78 is 0. The quantitative estimate of drug-likeness (QED) is 0.617. The van der Waals surface area contributed by atoms with E-state index in [1.54, 1.807) is 6.07 Å². The first-order valence-electron chi connectivity index (χ1n) is 8.99. The third-order valence-electron chi connectivity index (χ3n) is 4.90. The van der Waals surface area contributed by atoms with Crippen LogP contribution in [0.15, 0.2) is 55.1 Å². The molecule has 0 unspecified atom stereocenters. The van der Waals surface area contributed by atoms with Gasteiger partial charge < -0.3 is 5.32 Å². The lowest BCUT2D eigenvalue weighted by molar-refractivity contribution is 0.0672. The Bertz CT molecular complexity index is 933. The van der Waals surface area contributed by atoms with Crippen molar-refractivity contribution in [1.29, 1.82) is 0 Å². The van der Waals surface area contributed by atoms with Gasteiger partial charge in [-0.15, -0.1) is 6.58 Å². The lowest BCUT2D eigenvalue weighted by Crippen LogP contribution is -2.29. The van der Waals surface area contributed by atoms with Gasteiger partial charge in [-0.2, -0.15) is 0 Å². The molecule has 1 N–H and O–H groups in total. The molecule has 2 aromatic rings. The second-order valence-electron chi connectivity index (χ2n) is 6.62. The van der Waals surface area contributed by atoms with Gasteiger partial charge in [0.15, 0.2) is 0 Å². The van der Waals surface area contributed by atoms with E-state index in [1.807, 2.05) is 24.3 Å². The highest BCUT2D eigenvalue weighted by molar-refractivity contribution is 6.22. The molecule has 0 saturated carbocycles. The van der Waals surface area contributed by atoms with E-state index in [2.05, 4.69) is 25.7 Å². The number of rotatable bonds is 6. The van der Waals surface area contributed by atoms with Gasteiger partial charge in [0.1, 0.15) is 0 Å². The maximum Gasteiger partial charge on any atom is 0.261 e. The molecular weight excluding hydrogens is 340 g/mol. The lowest BCUT2D eigenvalue weighted by Gasteiger charge is -2.15. The number of benzene rings is 2. The highest BCUT2D eigenvalue weighted by Crippen LogP contribution is 2.28. The third kappa shape index (κ3) is 3.40. The Hall–Kier alpha value is -3.21. The van der Waals surface area contributed by atoms with Gasteiger partial charge in [0, 0.05) is 17.8 Å². The fourth-order valence-electron chi connectivity index (χ4n) is 3.18. The number of nitrogens with one attached hydrogen (secondary N) is 1. The molecular formula is C22H22N2O3. The summed E-state index contributed by atoms with van der Waals surface area (Å²) >= 11 is 0. The number of amides is 3. The average molecular weight is 362 g/mol. The number of hydrogen-bond acceptors (Lipinski definition) is 3. The zero-order chi connectivity index (χ0) is 19.6. The molecule has 5 heteroatoms. The first-order valence-corrected chi connectivity index (χ1v) is 8.99. The van der Waals surface area contributed by atoms with Gasteiger partial charge in [0.2, 0.25) is 0 Å². The number of fused-ring (bicyclic) bond motifs is 1. The molecule has 0 aliphatic carbocycles. The van der Waals surface area contributed by atoms with E-state index >= 15 is 0 Å². The summed E-state index contributed by atoms with van der Waals surface area (Å²) in [5.74, 6) is -0.752. The predicted octanol–water partition coefficient (Wildman–Crippen LogP) is 4.23. The van der Waals surface area contributed by atoms with Gasteiger partial charge in [-0.1, -0.05) is 38.1 Å². The Labute approximate surface area is 158 Å². The molecule has 1 heterocycles. The highest BCUT2D eigenvalue weighted by Gasteiger charge is 2.35. The molecule has 0 bridgehead atoms. The van der Waals surface area contributed by atoms with Gasteiger partial charge in [-0.3, -0.25) is 19.3 Å². The Balaban J connectivity index is 1.88. The Morgan fingerprint density at radius 3 is 2.56 bits per heavy atom. The summed E-state index contributed by atoms with van der Waals surface area (Å²) in [5.41, 5.74) is 2.74. The SMILES string of the molecule is C=CCN1C(=O)c2ccc(C(=O)Nc3ccccc3[C@@H](C)CC)cc2C1=O. The minimum atomic E-state index is -0.399. The van der Waals surface area contributed by atoms with Crippen molar-refractivity contribution in [2.24, 2.45) is 0 Å². The van der Waals surface area contributed by atoms with E-state index in [-0.39, 0.29) is 23.9 Å². The van der Waals surface area contributed by atoms with E-state index in [0.717, 1.165) is 22.6 Å². The van der Waals surface area contributed by atoms with Crippen molar-refractivity contribution < 1.29 is 14.4 Å². The molecule has 1 atom stereocenters. The Morgan fingerprint density at radius 1 is 1.15 bits per heavy atom. The van der Waals surface area contributed by atoms with E-state index < -0.39 is 5.91 Å². The van der Waals surface area contributed by atoms with Crippen molar-refractivity contribution in [3.05, 3.63) is 77.4 Å². The molecule has 5 nitrogen and oxygen atoms in total. The van der Waals surface area contributed by atoms with Crippen LogP contribution in [0.1, 0.15) is 62.8 Å². The molecule has 0 saturated heterocycles. The Morgan fingerprint density at radius 2 is 1.85 bits per heavy atom. The number of carbonyl (C=O) groups excluding carboxylic acids is 3. The van der Waals surface area contributed by atoms with Crippen LogP contribution >= 0.6 is 0 Å². The summed E-state index contributed by atoms with van der Waals surface area (Å²) in [7, 11) is 0. The molecule has 0 aromatic heterocycles. The van der Waals surface area contributed by atoms with Crippen LogP contribution in [0.4, 0.5) is 5.69 Å². The molecule has 27 heavy (non-hydrogen) atoms. The van der Waals surface area contributed by atoms with E-state index in [0.29, 0.717) is 17.0 Å². The number of imide groups is 1. The third-order valence-corrected chi connectivity index (χ3v) is 4.90. The Kier molecular flexibility index (Phi) is 5.21. The molecule has 3 amide bonds. The maximum absolute atomic E-state index is 12.7. The highest BCUT2D eigenvalue weighted by atomic mass is 16.2. The molecule has 138 valence electrons. The molecule has 1 aliphatic rings. The van der Waals surface area contributed by atoms with Gasteiger partial charge in [0.05, 0.1) is 11.1 Å². The van der Waals surface area contributed by atoms with Crippen LogP contribution in [0.2, 0.25) is 0 Å². The van der Waals surface area contributed by atoms with Crippen LogP contribution in [0, 0.1) is 0 Å². The molecule has 0 fully saturated rings. The summed E-state index contributed by atoms with van der Waals surface area (Å²) in [6.45, 7) is 7.93. The standard InChI is InChI=1S/C22H22N2O3/c1-4-12-24-21(26)17-11-10-15(13-18(17)22(24)27)20(25)23-19-9-7-6-8-16(19)14(3)5-2/h4,6-11,13-14H,1,5,12H2,2-3H3,(H,23,25)/t14-/m0/s1. The second-order valence-corrected chi connectivity index (χ2v) is 6.62. The van der Waals surface area contributed by atoms with Crippen LogP contribution in [0.25, 0.3) is 0 Å². The normalized spacial score (nSPS) is 14.1. The second kappa shape index (κ2) is 7.58. The van der Waals surface area contributed by atoms with Gasteiger partial charge >= 0.3 is 0 Å². The molecule has 1 aliphatic heterocycles. The summed E-state index contributed by atoms with van der Waals surface area (Å²) in [6, 6.07) is 12.3. The first kappa shape index (κ1) is 18.6. The van der Waals surface area contributed by atoms with Crippen molar-refractivity contribution in [3.8, 4) is 0 Å². The predicted molar refractivity (Wildman–Crippen MR) is 105 cm³/mol. The fourth-order valence-corrected chi connectivity index (χ4v) is 3.18. The molecule has 2 aromatic carbocycles. The monoisotopic (exact) mass is 362 g/mol. The van der Waals surface area contributed by atoms with Crippen LogP contribution < -0.4 is 5.32 Å². The van der Waals surface area contributed by atoms with E-state index in [1.165, 1.54) is 18.2 Å². The van der Waals surface area contributed by atoms with Crippen molar-refractivity contribution >= 4 is 23.4 Å². The first-order chi connectivity index (χ1) is 13.0. The zero-order valence-electron chi connectivity index (χ0n) is 15.5. The lowest BCUT2D eigenvalue weighted by atomic mass is 9.96. The topological polar surface area (TPSA) is 66.5 Å². The fraction of sp³-hybridized carbons (Fsp3) is 0.227.